The smallest absolute Gasteiger partial charge is 0.340 e. The van der Waals surface area contributed by atoms with E-state index < -0.39 is 0 Å². The third-order valence-corrected chi connectivity index (χ3v) is 3.58. The maximum atomic E-state index is 12.1. The molecule has 0 amide bonds. The Kier molecular flexibility index (Phi) is 3.97. The van der Waals surface area contributed by atoms with E-state index in [-0.39, 0.29) is 12.6 Å². The lowest BCUT2D eigenvalue weighted by atomic mass is 10.1. The molecule has 2 aromatic carbocycles. The number of fused-ring (bicyclic) bond motifs is 1. The predicted octanol–water partition coefficient (Wildman–Crippen LogP) is 4.35. The summed E-state index contributed by atoms with van der Waals surface area (Å²) < 4.78 is 6.28. The Morgan fingerprint density at radius 2 is 1.95 bits per heavy atom. The highest BCUT2D eigenvalue weighted by Gasteiger charge is 2.09. The second-order valence-electron chi connectivity index (χ2n) is 4.62. The number of aromatic nitrogens is 1. The zero-order chi connectivity index (χ0) is 14.7. The van der Waals surface area contributed by atoms with Crippen molar-refractivity contribution in [2.45, 2.75) is 6.61 Å². The fourth-order valence-corrected chi connectivity index (χ4v) is 2.49. The van der Waals surface area contributed by atoms with Crippen LogP contribution in [0.25, 0.3) is 10.9 Å². The van der Waals surface area contributed by atoms with Gasteiger partial charge in [0.1, 0.15) is 6.61 Å². The van der Waals surface area contributed by atoms with E-state index in [0.717, 1.165) is 20.9 Å². The number of para-hydroxylation sites is 1. The monoisotopic (exact) mass is 341 g/mol. The number of halogens is 1. The number of hydrogen-bond acceptors (Lipinski definition) is 3. The van der Waals surface area contributed by atoms with Gasteiger partial charge < -0.3 is 4.74 Å². The number of pyridine rings is 1. The third kappa shape index (κ3) is 3.28. The predicted molar refractivity (Wildman–Crippen MR) is 85.0 cm³/mol. The number of hydrogen-bond donors (Lipinski definition) is 0. The second-order valence-corrected chi connectivity index (χ2v) is 5.54. The van der Waals surface area contributed by atoms with Gasteiger partial charge in [-0.15, -0.1) is 0 Å². The van der Waals surface area contributed by atoms with Gasteiger partial charge in [-0.3, -0.25) is 4.98 Å². The molecule has 4 heteroatoms. The summed E-state index contributed by atoms with van der Waals surface area (Å²) in [4.78, 5) is 16.3. The van der Waals surface area contributed by atoms with Gasteiger partial charge >= 0.3 is 5.97 Å². The number of nitrogens with zero attached hydrogens (tertiary/aromatic N) is 1. The summed E-state index contributed by atoms with van der Waals surface area (Å²) in [5.41, 5.74) is 2.26. The molecule has 21 heavy (non-hydrogen) atoms. The fraction of sp³-hybridized carbons (Fsp3) is 0.0588. The van der Waals surface area contributed by atoms with Crippen LogP contribution in [0.3, 0.4) is 0 Å². The Morgan fingerprint density at radius 3 is 2.81 bits per heavy atom. The first-order valence-electron chi connectivity index (χ1n) is 6.49. The van der Waals surface area contributed by atoms with E-state index in [4.69, 9.17) is 4.74 Å². The molecule has 0 N–H and O–H groups in total. The Bertz CT molecular complexity index is 801. The zero-order valence-corrected chi connectivity index (χ0v) is 12.7. The molecule has 3 nitrogen and oxygen atoms in total. The first kappa shape index (κ1) is 13.8. The van der Waals surface area contributed by atoms with Crippen LogP contribution in [0.4, 0.5) is 0 Å². The van der Waals surface area contributed by atoms with Crippen molar-refractivity contribution in [1.82, 2.24) is 4.98 Å². The van der Waals surface area contributed by atoms with Crippen LogP contribution in [0.15, 0.2) is 65.3 Å². The number of carbonyl (C=O) groups is 1. The van der Waals surface area contributed by atoms with Crippen LogP contribution in [0, 0.1) is 0 Å². The highest BCUT2D eigenvalue weighted by Crippen LogP contribution is 2.15. The number of carbonyl (C=O) groups excluding carboxylic acids is 1. The van der Waals surface area contributed by atoms with Crippen molar-refractivity contribution >= 4 is 32.8 Å². The minimum atomic E-state index is -0.367. The van der Waals surface area contributed by atoms with Gasteiger partial charge in [-0.2, -0.15) is 0 Å². The normalized spacial score (nSPS) is 10.5. The molecule has 0 aliphatic carbocycles. The molecule has 0 unspecified atom stereocenters. The van der Waals surface area contributed by atoms with Crippen LogP contribution in [-0.2, 0) is 11.3 Å². The maximum absolute atomic E-state index is 12.1. The van der Waals surface area contributed by atoms with Gasteiger partial charge in [0.15, 0.2) is 0 Å². The SMILES string of the molecule is O=C(OCc1cccc(Br)c1)c1cnc2ccccc2c1. The van der Waals surface area contributed by atoms with Gasteiger partial charge in [0.2, 0.25) is 0 Å². The molecule has 0 bridgehead atoms. The average molecular weight is 342 g/mol. The van der Waals surface area contributed by atoms with Crippen LogP contribution >= 0.6 is 15.9 Å². The zero-order valence-electron chi connectivity index (χ0n) is 11.1. The topological polar surface area (TPSA) is 39.2 Å². The number of ether oxygens (including phenoxy) is 1. The quantitative estimate of drug-likeness (QED) is 0.664. The van der Waals surface area contributed by atoms with Crippen molar-refractivity contribution in [2.75, 3.05) is 0 Å². The summed E-state index contributed by atoms with van der Waals surface area (Å²) in [7, 11) is 0. The highest BCUT2D eigenvalue weighted by atomic mass is 79.9. The molecular weight excluding hydrogens is 330 g/mol. The molecule has 1 heterocycles. The van der Waals surface area contributed by atoms with Gasteiger partial charge in [0, 0.05) is 16.1 Å². The van der Waals surface area contributed by atoms with E-state index in [1.807, 2.05) is 48.5 Å². The van der Waals surface area contributed by atoms with Gasteiger partial charge in [0.05, 0.1) is 11.1 Å². The van der Waals surface area contributed by atoms with E-state index in [2.05, 4.69) is 20.9 Å². The summed E-state index contributed by atoms with van der Waals surface area (Å²) in [6.07, 6.45) is 1.55. The first-order valence-corrected chi connectivity index (χ1v) is 7.28. The summed E-state index contributed by atoms with van der Waals surface area (Å²) in [6, 6.07) is 17.1. The summed E-state index contributed by atoms with van der Waals surface area (Å²) in [5.74, 6) is -0.367. The van der Waals surface area contributed by atoms with Gasteiger partial charge in [-0.1, -0.05) is 46.3 Å². The molecule has 0 saturated heterocycles. The van der Waals surface area contributed by atoms with Crippen LogP contribution in [0.1, 0.15) is 15.9 Å². The number of esters is 1. The Balaban J connectivity index is 1.74. The third-order valence-electron chi connectivity index (χ3n) is 3.09. The second kappa shape index (κ2) is 6.06. The fourth-order valence-electron chi connectivity index (χ4n) is 2.04. The molecule has 0 spiro atoms. The molecule has 0 radical (unpaired) electrons. The summed E-state index contributed by atoms with van der Waals surface area (Å²) >= 11 is 3.39. The van der Waals surface area contributed by atoms with Crippen molar-refractivity contribution < 1.29 is 9.53 Å². The molecular formula is C17H12BrNO2. The summed E-state index contributed by atoms with van der Waals surface area (Å²) in [5, 5.41) is 0.925. The molecule has 0 fully saturated rings. The number of benzene rings is 2. The van der Waals surface area contributed by atoms with Crippen molar-refractivity contribution in [3.05, 3.63) is 76.4 Å². The van der Waals surface area contributed by atoms with Gasteiger partial charge in [-0.25, -0.2) is 4.79 Å². The largest absolute Gasteiger partial charge is 0.457 e. The van der Waals surface area contributed by atoms with Crippen molar-refractivity contribution in [2.24, 2.45) is 0 Å². The minimum absolute atomic E-state index is 0.241. The maximum Gasteiger partial charge on any atom is 0.340 e. The molecule has 0 saturated carbocycles. The molecule has 3 aromatic rings. The Labute approximate surface area is 130 Å². The van der Waals surface area contributed by atoms with Crippen molar-refractivity contribution in [3.63, 3.8) is 0 Å². The summed E-state index contributed by atoms with van der Waals surface area (Å²) in [6.45, 7) is 0.241. The molecule has 104 valence electrons. The lowest BCUT2D eigenvalue weighted by molar-refractivity contribution is 0.0472. The van der Waals surface area contributed by atoms with E-state index in [0.29, 0.717) is 5.56 Å². The average Bonchev–Trinajstić information content (AvgIpc) is 2.52. The van der Waals surface area contributed by atoms with Crippen molar-refractivity contribution in [1.29, 1.82) is 0 Å². The minimum Gasteiger partial charge on any atom is -0.457 e. The van der Waals surface area contributed by atoms with Crippen LogP contribution in [0.2, 0.25) is 0 Å². The Morgan fingerprint density at radius 1 is 1.10 bits per heavy atom. The Hall–Kier alpha value is -2.20. The van der Waals surface area contributed by atoms with Gasteiger partial charge in [0.25, 0.3) is 0 Å². The van der Waals surface area contributed by atoms with Gasteiger partial charge in [-0.05, 0) is 29.8 Å². The van der Waals surface area contributed by atoms with E-state index in [1.54, 1.807) is 12.3 Å². The first-order chi connectivity index (χ1) is 10.2. The molecule has 1 aromatic heterocycles. The molecule has 0 aliphatic rings. The standard InChI is InChI=1S/C17H12BrNO2/c18-15-6-3-4-12(8-15)11-21-17(20)14-9-13-5-1-2-7-16(13)19-10-14/h1-10H,11H2. The lowest BCUT2D eigenvalue weighted by Crippen LogP contribution is -2.05. The van der Waals surface area contributed by atoms with E-state index in [9.17, 15) is 4.79 Å². The number of rotatable bonds is 3. The lowest BCUT2D eigenvalue weighted by Gasteiger charge is -2.06. The van der Waals surface area contributed by atoms with E-state index in [1.165, 1.54) is 0 Å². The van der Waals surface area contributed by atoms with Crippen LogP contribution < -0.4 is 0 Å². The van der Waals surface area contributed by atoms with Crippen molar-refractivity contribution in [3.8, 4) is 0 Å². The molecule has 3 rings (SSSR count). The van der Waals surface area contributed by atoms with E-state index >= 15 is 0 Å². The van der Waals surface area contributed by atoms with Crippen LogP contribution in [-0.4, -0.2) is 11.0 Å². The van der Waals surface area contributed by atoms with Crippen LogP contribution in [0.5, 0.6) is 0 Å². The molecule has 0 aliphatic heterocycles. The molecule has 0 atom stereocenters. The highest BCUT2D eigenvalue weighted by molar-refractivity contribution is 9.10.